The van der Waals surface area contributed by atoms with Gasteiger partial charge in [-0.05, 0) is 24.2 Å². The van der Waals surface area contributed by atoms with Crippen molar-refractivity contribution in [2.75, 3.05) is 26.2 Å². The van der Waals surface area contributed by atoms with E-state index in [1.165, 1.54) is 12.1 Å². The third kappa shape index (κ3) is 3.51. The zero-order valence-corrected chi connectivity index (χ0v) is 10.7. The average molecular weight is 253 g/mol. The summed E-state index contributed by atoms with van der Waals surface area (Å²) in [7, 11) is 0. The molecule has 0 spiro atoms. The van der Waals surface area contributed by atoms with Crippen LogP contribution in [0.2, 0.25) is 0 Å². The Morgan fingerprint density at radius 3 is 2.83 bits per heavy atom. The second-order valence-electron chi connectivity index (χ2n) is 4.70. The molecular formula is C14H20FNO2. The fourth-order valence-corrected chi connectivity index (χ4v) is 2.25. The summed E-state index contributed by atoms with van der Waals surface area (Å²) in [4.78, 5) is 2.27. The molecule has 2 unspecified atom stereocenters. The third-order valence-corrected chi connectivity index (χ3v) is 3.41. The number of nitrogens with zero attached hydrogens (tertiary/aromatic N) is 1. The van der Waals surface area contributed by atoms with Crippen molar-refractivity contribution in [1.29, 1.82) is 0 Å². The minimum atomic E-state index is -0.537. The van der Waals surface area contributed by atoms with Crippen LogP contribution >= 0.6 is 0 Å². The van der Waals surface area contributed by atoms with E-state index in [-0.39, 0.29) is 11.9 Å². The molecule has 0 radical (unpaired) electrons. The standard InChI is InChI=1S/C14H20FNO2/c1-2-16-7-8-18-14(10-16)13(17)9-11-3-5-12(15)6-4-11/h3-6,13-14,17H,2,7-10H2,1H3. The second-order valence-corrected chi connectivity index (χ2v) is 4.70. The van der Waals surface area contributed by atoms with Gasteiger partial charge in [-0.15, -0.1) is 0 Å². The molecule has 0 bridgehead atoms. The minimum absolute atomic E-state index is 0.149. The third-order valence-electron chi connectivity index (χ3n) is 3.41. The maximum atomic E-state index is 12.8. The Balaban J connectivity index is 1.90. The molecule has 2 rings (SSSR count). The van der Waals surface area contributed by atoms with Crippen LogP contribution in [0.1, 0.15) is 12.5 Å². The normalized spacial score (nSPS) is 22.9. The van der Waals surface area contributed by atoms with E-state index < -0.39 is 6.10 Å². The van der Waals surface area contributed by atoms with Gasteiger partial charge < -0.3 is 9.84 Å². The van der Waals surface area contributed by atoms with Crippen molar-refractivity contribution in [3.05, 3.63) is 35.6 Å². The van der Waals surface area contributed by atoms with Gasteiger partial charge in [-0.25, -0.2) is 4.39 Å². The number of ether oxygens (including phenoxy) is 1. The molecule has 18 heavy (non-hydrogen) atoms. The highest BCUT2D eigenvalue weighted by Crippen LogP contribution is 2.13. The molecule has 0 saturated carbocycles. The van der Waals surface area contributed by atoms with Crippen LogP contribution in [0.25, 0.3) is 0 Å². The van der Waals surface area contributed by atoms with Crippen molar-refractivity contribution in [2.24, 2.45) is 0 Å². The molecule has 1 aromatic carbocycles. The first-order chi connectivity index (χ1) is 8.69. The van der Waals surface area contributed by atoms with E-state index in [0.717, 1.165) is 25.2 Å². The topological polar surface area (TPSA) is 32.7 Å². The van der Waals surface area contributed by atoms with Crippen LogP contribution in [0.3, 0.4) is 0 Å². The smallest absolute Gasteiger partial charge is 0.123 e. The largest absolute Gasteiger partial charge is 0.390 e. The lowest BCUT2D eigenvalue weighted by Gasteiger charge is -2.34. The monoisotopic (exact) mass is 253 g/mol. The summed E-state index contributed by atoms with van der Waals surface area (Å²) in [5.41, 5.74) is 0.932. The summed E-state index contributed by atoms with van der Waals surface area (Å²) < 4.78 is 18.4. The Bertz CT molecular complexity index is 369. The van der Waals surface area contributed by atoms with Gasteiger partial charge in [-0.2, -0.15) is 0 Å². The number of likely N-dealkylation sites (N-methyl/N-ethyl adjacent to an activating group) is 1. The SMILES string of the molecule is CCN1CCOC(C(O)Cc2ccc(F)cc2)C1. The van der Waals surface area contributed by atoms with Gasteiger partial charge in [0.1, 0.15) is 5.82 Å². The van der Waals surface area contributed by atoms with Gasteiger partial charge in [0.2, 0.25) is 0 Å². The molecule has 1 aromatic rings. The van der Waals surface area contributed by atoms with Gasteiger partial charge in [-0.3, -0.25) is 4.90 Å². The highest BCUT2D eigenvalue weighted by Gasteiger charge is 2.26. The highest BCUT2D eigenvalue weighted by molar-refractivity contribution is 5.17. The molecule has 0 aliphatic carbocycles. The van der Waals surface area contributed by atoms with Gasteiger partial charge in [0, 0.05) is 19.5 Å². The fraction of sp³-hybridized carbons (Fsp3) is 0.571. The van der Waals surface area contributed by atoms with E-state index in [1.807, 2.05) is 0 Å². The first-order valence-electron chi connectivity index (χ1n) is 6.45. The van der Waals surface area contributed by atoms with E-state index in [4.69, 9.17) is 4.74 Å². The van der Waals surface area contributed by atoms with Crippen molar-refractivity contribution in [1.82, 2.24) is 4.90 Å². The Labute approximate surface area is 107 Å². The average Bonchev–Trinajstić information content (AvgIpc) is 2.41. The summed E-state index contributed by atoms with van der Waals surface area (Å²) in [5, 5.41) is 10.2. The molecule has 1 N–H and O–H groups in total. The molecule has 1 fully saturated rings. The van der Waals surface area contributed by atoms with Crippen molar-refractivity contribution in [2.45, 2.75) is 25.6 Å². The van der Waals surface area contributed by atoms with Crippen LogP contribution in [0.4, 0.5) is 4.39 Å². The molecule has 1 aliphatic heterocycles. The van der Waals surface area contributed by atoms with Gasteiger partial charge in [-0.1, -0.05) is 19.1 Å². The molecule has 0 aromatic heterocycles. The van der Waals surface area contributed by atoms with Crippen molar-refractivity contribution < 1.29 is 14.2 Å². The summed E-state index contributed by atoms with van der Waals surface area (Å²) in [5.74, 6) is -0.251. The molecule has 1 heterocycles. The predicted molar refractivity (Wildman–Crippen MR) is 68.0 cm³/mol. The Hall–Kier alpha value is -0.970. The number of hydrogen-bond acceptors (Lipinski definition) is 3. The lowest BCUT2D eigenvalue weighted by Crippen LogP contribution is -2.48. The lowest BCUT2D eigenvalue weighted by molar-refractivity contribution is -0.0867. The van der Waals surface area contributed by atoms with Gasteiger partial charge in [0.05, 0.1) is 18.8 Å². The van der Waals surface area contributed by atoms with E-state index in [2.05, 4.69) is 11.8 Å². The number of benzene rings is 1. The van der Waals surface area contributed by atoms with E-state index in [1.54, 1.807) is 12.1 Å². The Morgan fingerprint density at radius 2 is 2.17 bits per heavy atom. The summed E-state index contributed by atoms with van der Waals surface area (Å²) in [6, 6.07) is 6.25. The molecular weight excluding hydrogens is 233 g/mol. The predicted octanol–water partition coefficient (Wildman–Crippen LogP) is 1.45. The molecule has 100 valence electrons. The van der Waals surface area contributed by atoms with Crippen molar-refractivity contribution in [3.63, 3.8) is 0 Å². The van der Waals surface area contributed by atoms with Gasteiger partial charge >= 0.3 is 0 Å². The second kappa shape index (κ2) is 6.27. The van der Waals surface area contributed by atoms with E-state index in [9.17, 15) is 9.50 Å². The van der Waals surface area contributed by atoms with Crippen LogP contribution in [-0.4, -0.2) is 48.5 Å². The maximum Gasteiger partial charge on any atom is 0.123 e. The summed E-state index contributed by atoms with van der Waals surface area (Å²) >= 11 is 0. The summed E-state index contributed by atoms with van der Waals surface area (Å²) in [6.07, 6.45) is -0.184. The Kier molecular flexibility index (Phi) is 4.69. The van der Waals surface area contributed by atoms with Crippen molar-refractivity contribution >= 4 is 0 Å². The van der Waals surface area contributed by atoms with Gasteiger partial charge in [0.15, 0.2) is 0 Å². The van der Waals surface area contributed by atoms with Gasteiger partial charge in [0.25, 0.3) is 0 Å². The summed E-state index contributed by atoms with van der Waals surface area (Å²) in [6.45, 7) is 5.44. The number of halogens is 1. The zero-order valence-electron chi connectivity index (χ0n) is 10.7. The lowest BCUT2D eigenvalue weighted by atomic mass is 10.0. The quantitative estimate of drug-likeness (QED) is 0.881. The van der Waals surface area contributed by atoms with Crippen LogP contribution in [0.15, 0.2) is 24.3 Å². The van der Waals surface area contributed by atoms with Crippen molar-refractivity contribution in [3.8, 4) is 0 Å². The molecule has 1 saturated heterocycles. The Morgan fingerprint density at radius 1 is 1.44 bits per heavy atom. The van der Waals surface area contributed by atoms with Crippen LogP contribution in [0.5, 0.6) is 0 Å². The number of rotatable bonds is 4. The zero-order chi connectivity index (χ0) is 13.0. The van der Waals surface area contributed by atoms with Crippen LogP contribution in [0, 0.1) is 5.82 Å². The van der Waals surface area contributed by atoms with E-state index in [0.29, 0.717) is 13.0 Å². The maximum absolute atomic E-state index is 12.8. The fourth-order valence-electron chi connectivity index (χ4n) is 2.25. The first kappa shape index (κ1) is 13.5. The number of aliphatic hydroxyl groups is 1. The molecule has 3 nitrogen and oxygen atoms in total. The number of aliphatic hydroxyl groups excluding tert-OH is 1. The molecule has 4 heteroatoms. The first-order valence-corrected chi connectivity index (χ1v) is 6.45. The highest BCUT2D eigenvalue weighted by atomic mass is 19.1. The van der Waals surface area contributed by atoms with Crippen LogP contribution in [-0.2, 0) is 11.2 Å². The molecule has 1 aliphatic rings. The minimum Gasteiger partial charge on any atom is -0.390 e. The van der Waals surface area contributed by atoms with Crippen LogP contribution < -0.4 is 0 Å². The number of hydrogen-bond donors (Lipinski definition) is 1. The molecule has 0 amide bonds. The molecule has 2 atom stereocenters. The number of morpholine rings is 1. The van der Waals surface area contributed by atoms with E-state index >= 15 is 0 Å².